The number of amides is 1. The average Bonchev–Trinajstić information content (AvgIpc) is 2.10. The predicted octanol–water partition coefficient (Wildman–Crippen LogP) is 0.819. The van der Waals surface area contributed by atoms with E-state index in [2.05, 4.69) is 13.5 Å². The highest BCUT2D eigenvalue weighted by molar-refractivity contribution is 5.91. The summed E-state index contributed by atoms with van der Waals surface area (Å²) in [5.74, 6) is -0.534. The molecule has 0 spiro atoms. The molecule has 0 saturated carbocycles. The molecule has 0 radical (unpaired) electrons. The molecule has 1 amide bonds. The first-order valence-electron chi connectivity index (χ1n) is 4.31. The minimum absolute atomic E-state index is 0.140. The van der Waals surface area contributed by atoms with Gasteiger partial charge in [0.05, 0.1) is 6.61 Å². The molecule has 76 valence electrons. The number of hydrogen-bond acceptors (Lipinski definition) is 3. The van der Waals surface area contributed by atoms with Crippen molar-refractivity contribution in [3.8, 4) is 0 Å². The molecule has 0 unspecified atom stereocenters. The third-order valence-corrected chi connectivity index (χ3v) is 1.43. The Balaban J connectivity index is 3.16. The number of nitrogens with two attached hydrogens (primary N) is 1. The summed E-state index contributed by atoms with van der Waals surface area (Å²) in [7, 11) is 0. The molecular weight excluding hydrogens is 170 g/mol. The van der Waals surface area contributed by atoms with E-state index in [-0.39, 0.29) is 19.0 Å². The van der Waals surface area contributed by atoms with E-state index in [1.165, 1.54) is 0 Å². The minimum Gasteiger partial charge on any atom is -0.366 e. The summed E-state index contributed by atoms with van der Waals surface area (Å²) in [4.78, 5) is 10.5. The first-order valence-corrected chi connectivity index (χ1v) is 4.31. The summed E-state index contributed by atoms with van der Waals surface area (Å²) >= 11 is 0. The van der Waals surface area contributed by atoms with Gasteiger partial charge in [0.25, 0.3) is 0 Å². The molecule has 0 aromatic heterocycles. The maximum absolute atomic E-state index is 10.5. The third kappa shape index (κ3) is 7.49. The summed E-state index contributed by atoms with van der Waals surface area (Å²) in [5.41, 5.74) is 5.20. The van der Waals surface area contributed by atoms with Crippen LogP contribution in [0.25, 0.3) is 0 Å². The second-order valence-corrected chi connectivity index (χ2v) is 2.70. The highest BCUT2D eigenvalue weighted by Gasteiger charge is 2.00. The van der Waals surface area contributed by atoms with Crippen molar-refractivity contribution in [1.29, 1.82) is 0 Å². The lowest BCUT2D eigenvalue weighted by atomic mass is 10.3. The molecule has 0 bridgehead atoms. The van der Waals surface area contributed by atoms with Crippen LogP contribution in [0.15, 0.2) is 12.2 Å². The van der Waals surface area contributed by atoms with Gasteiger partial charge in [0.15, 0.2) is 0 Å². The minimum atomic E-state index is -0.534. The second kappa shape index (κ2) is 7.76. The van der Waals surface area contributed by atoms with Crippen molar-refractivity contribution in [3.05, 3.63) is 12.2 Å². The molecular formula is C9H17NO3. The Labute approximate surface area is 78.7 Å². The monoisotopic (exact) mass is 187 g/mol. The Hall–Kier alpha value is -0.870. The van der Waals surface area contributed by atoms with Crippen LogP contribution in [0.5, 0.6) is 0 Å². The van der Waals surface area contributed by atoms with Gasteiger partial charge >= 0.3 is 0 Å². The van der Waals surface area contributed by atoms with Gasteiger partial charge < -0.3 is 15.2 Å². The first kappa shape index (κ1) is 12.1. The predicted molar refractivity (Wildman–Crippen MR) is 50.0 cm³/mol. The Morgan fingerprint density at radius 1 is 1.46 bits per heavy atom. The summed E-state index contributed by atoms with van der Waals surface area (Å²) < 4.78 is 10.1. The van der Waals surface area contributed by atoms with Gasteiger partial charge in [-0.25, -0.2) is 0 Å². The number of primary amides is 1. The molecule has 0 aromatic carbocycles. The normalized spacial score (nSPS) is 9.92. The van der Waals surface area contributed by atoms with Crippen molar-refractivity contribution in [1.82, 2.24) is 0 Å². The van der Waals surface area contributed by atoms with Crippen LogP contribution in [0.4, 0.5) is 0 Å². The zero-order valence-corrected chi connectivity index (χ0v) is 8.04. The van der Waals surface area contributed by atoms with Crippen LogP contribution >= 0.6 is 0 Å². The highest BCUT2D eigenvalue weighted by atomic mass is 16.7. The van der Waals surface area contributed by atoms with Crippen molar-refractivity contribution in [2.45, 2.75) is 19.8 Å². The van der Waals surface area contributed by atoms with E-state index < -0.39 is 5.91 Å². The van der Waals surface area contributed by atoms with E-state index in [1.54, 1.807) is 0 Å². The molecule has 0 aliphatic rings. The summed E-state index contributed by atoms with van der Waals surface area (Å²) in [6.45, 7) is 6.52. The van der Waals surface area contributed by atoms with Crippen molar-refractivity contribution < 1.29 is 14.3 Å². The molecule has 0 heterocycles. The van der Waals surface area contributed by atoms with Crippen LogP contribution in [0, 0.1) is 0 Å². The fourth-order valence-corrected chi connectivity index (χ4v) is 0.600. The summed E-state index contributed by atoms with van der Waals surface area (Å²) in [6.07, 6.45) is 2.11. The van der Waals surface area contributed by atoms with Gasteiger partial charge in [-0.05, 0) is 6.42 Å². The van der Waals surface area contributed by atoms with Crippen LogP contribution in [0.2, 0.25) is 0 Å². The van der Waals surface area contributed by atoms with Crippen LogP contribution in [0.1, 0.15) is 19.8 Å². The molecule has 4 nitrogen and oxygen atoms in total. The van der Waals surface area contributed by atoms with Crippen LogP contribution < -0.4 is 5.73 Å². The van der Waals surface area contributed by atoms with Crippen molar-refractivity contribution in [2.24, 2.45) is 5.73 Å². The van der Waals surface area contributed by atoms with Gasteiger partial charge in [0, 0.05) is 12.2 Å². The number of ether oxygens (including phenoxy) is 2. The fraction of sp³-hybridized carbons (Fsp3) is 0.667. The average molecular weight is 187 g/mol. The van der Waals surface area contributed by atoms with E-state index in [0.717, 1.165) is 12.8 Å². The van der Waals surface area contributed by atoms with Gasteiger partial charge in [0.2, 0.25) is 5.91 Å². The maximum atomic E-state index is 10.5. The van der Waals surface area contributed by atoms with E-state index >= 15 is 0 Å². The SMILES string of the molecule is C=C(COCOCCCC)C(N)=O. The molecule has 0 atom stereocenters. The van der Waals surface area contributed by atoms with E-state index in [0.29, 0.717) is 6.61 Å². The molecule has 0 aliphatic carbocycles. The lowest BCUT2D eigenvalue weighted by Gasteiger charge is -2.04. The van der Waals surface area contributed by atoms with Gasteiger partial charge in [-0.1, -0.05) is 19.9 Å². The molecule has 4 heteroatoms. The number of carbonyl (C=O) groups excluding carboxylic acids is 1. The molecule has 13 heavy (non-hydrogen) atoms. The standard InChI is InChI=1S/C9H17NO3/c1-3-4-5-12-7-13-6-8(2)9(10)11/h2-7H2,1H3,(H2,10,11). The quantitative estimate of drug-likeness (QED) is 0.347. The van der Waals surface area contributed by atoms with Crippen LogP contribution in [0.3, 0.4) is 0 Å². The molecule has 0 aliphatic heterocycles. The van der Waals surface area contributed by atoms with Crippen molar-refractivity contribution >= 4 is 5.91 Å². The van der Waals surface area contributed by atoms with Gasteiger partial charge in [-0.15, -0.1) is 0 Å². The van der Waals surface area contributed by atoms with Crippen molar-refractivity contribution in [3.63, 3.8) is 0 Å². The van der Waals surface area contributed by atoms with E-state index in [1.807, 2.05) is 0 Å². The topological polar surface area (TPSA) is 61.6 Å². The number of carbonyl (C=O) groups is 1. The van der Waals surface area contributed by atoms with E-state index in [9.17, 15) is 4.79 Å². The van der Waals surface area contributed by atoms with Gasteiger partial charge in [-0.2, -0.15) is 0 Å². The lowest BCUT2D eigenvalue weighted by Crippen LogP contribution is -2.17. The third-order valence-electron chi connectivity index (χ3n) is 1.43. The van der Waals surface area contributed by atoms with Gasteiger partial charge in [-0.3, -0.25) is 4.79 Å². The largest absolute Gasteiger partial charge is 0.366 e. The molecule has 0 fully saturated rings. The van der Waals surface area contributed by atoms with E-state index in [4.69, 9.17) is 15.2 Å². The molecule has 0 aromatic rings. The highest BCUT2D eigenvalue weighted by Crippen LogP contribution is 1.92. The number of unbranched alkanes of at least 4 members (excludes halogenated alkanes) is 1. The number of rotatable bonds is 8. The smallest absolute Gasteiger partial charge is 0.246 e. The maximum Gasteiger partial charge on any atom is 0.246 e. The first-order chi connectivity index (χ1) is 6.18. The molecule has 0 rings (SSSR count). The van der Waals surface area contributed by atoms with Crippen molar-refractivity contribution in [2.75, 3.05) is 20.0 Å². The Morgan fingerprint density at radius 3 is 2.69 bits per heavy atom. The lowest BCUT2D eigenvalue weighted by molar-refractivity contribution is -0.115. The Bertz CT molecular complexity index is 168. The summed E-state index contributed by atoms with van der Waals surface area (Å²) in [5, 5.41) is 0. The van der Waals surface area contributed by atoms with Crippen LogP contribution in [-0.2, 0) is 14.3 Å². The fourth-order valence-electron chi connectivity index (χ4n) is 0.600. The Morgan fingerprint density at radius 2 is 2.15 bits per heavy atom. The summed E-state index contributed by atoms with van der Waals surface area (Å²) in [6, 6.07) is 0. The zero-order valence-electron chi connectivity index (χ0n) is 8.04. The Kier molecular flexibility index (Phi) is 7.24. The number of hydrogen-bond donors (Lipinski definition) is 1. The van der Waals surface area contributed by atoms with Crippen LogP contribution in [-0.4, -0.2) is 25.9 Å². The molecule has 2 N–H and O–H groups in total. The second-order valence-electron chi connectivity index (χ2n) is 2.70. The molecule has 0 saturated heterocycles. The van der Waals surface area contributed by atoms with Gasteiger partial charge in [0.1, 0.15) is 6.79 Å². The zero-order chi connectivity index (χ0) is 10.1.